The van der Waals surface area contributed by atoms with Gasteiger partial charge in [0.25, 0.3) is 0 Å². The van der Waals surface area contributed by atoms with Crippen LogP contribution in [0.4, 0.5) is 5.82 Å². The number of halogens is 1. The largest absolute Gasteiger partial charge is 0.387 e. The Bertz CT molecular complexity index is 506. The maximum absolute atomic E-state index is 11.7. The second-order valence-electron chi connectivity index (χ2n) is 4.20. The van der Waals surface area contributed by atoms with Crippen LogP contribution in [0.5, 0.6) is 0 Å². The molecule has 0 aliphatic carbocycles. The topological polar surface area (TPSA) is 111 Å². The predicted molar refractivity (Wildman–Crippen MR) is 64.3 cm³/mol. The van der Waals surface area contributed by atoms with Crippen LogP contribution in [-0.4, -0.2) is 44.0 Å². The van der Waals surface area contributed by atoms with Crippen LogP contribution in [-0.2, 0) is 4.74 Å². The summed E-state index contributed by atoms with van der Waals surface area (Å²) in [4.78, 5) is 15.3. The molecule has 4 atom stereocenters. The van der Waals surface area contributed by atoms with Crippen LogP contribution in [0.3, 0.4) is 0 Å². The minimum absolute atomic E-state index is 0.0187. The SMILES string of the molecule is Cc1cn(C2OC(CCl)C(O)C2O)c(=O)nc1N. The number of nitrogens with zero attached hydrogens (tertiary/aromatic N) is 2. The van der Waals surface area contributed by atoms with Crippen LogP contribution in [0.25, 0.3) is 0 Å². The van der Waals surface area contributed by atoms with Gasteiger partial charge in [0.1, 0.15) is 24.1 Å². The summed E-state index contributed by atoms with van der Waals surface area (Å²) in [5.74, 6) is 0.142. The van der Waals surface area contributed by atoms with E-state index >= 15 is 0 Å². The Kier molecular flexibility index (Phi) is 3.58. The zero-order valence-electron chi connectivity index (χ0n) is 9.65. The Hall–Kier alpha value is -1.15. The number of rotatable bonds is 2. The van der Waals surface area contributed by atoms with E-state index in [9.17, 15) is 15.0 Å². The molecule has 4 unspecified atom stereocenters. The second kappa shape index (κ2) is 4.85. The Morgan fingerprint density at radius 1 is 1.56 bits per heavy atom. The van der Waals surface area contributed by atoms with Crippen molar-refractivity contribution >= 4 is 17.4 Å². The van der Waals surface area contributed by atoms with Crippen LogP contribution in [0.2, 0.25) is 0 Å². The average molecular weight is 276 g/mol. The molecule has 1 fully saturated rings. The fraction of sp³-hybridized carbons (Fsp3) is 0.600. The third kappa shape index (κ3) is 2.10. The van der Waals surface area contributed by atoms with Gasteiger partial charge in [-0.3, -0.25) is 4.57 Å². The molecule has 100 valence electrons. The van der Waals surface area contributed by atoms with Crippen molar-refractivity contribution < 1.29 is 14.9 Å². The summed E-state index contributed by atoms with van der Waals surface area (Å²) in [5, 5.41) is 19.5. The summed E-state index contributed by atoms with van der Waals surface area (Å²) in [6.07, 6.45) is -2.69. The summed E-state index contributed by atoms with van der Waals surface area (Å²) < 4.78 is 6.45. The minimum atomic E-state index is -1.24. The quantitative estimate of drug-likeness (QED) is 0.597. The fourth-order valence-corrected chi connectivity index (χ4v) is 2.10. The molecule has 1 saturated heterocycles. The molecule has 8 heteroatoms. The maximum atomic E-state index is 11.7. The van der Waals surface area contributed by atoms with Gasteiger partial charge in [0.05, 0.1) is 5.88 Å². The monoisotopic (exact) mass is 275 g/mol. The van der Waals surface area contributed by atoms with E-state index in [0.29, 0.717) is 5.56 Å². The smallest absolute Gasteiger partial charge is 0.351 e. The highest BCUT2D eigenvalue weighted by Gasteiger charge is 2.43. The first-order chi connectivity index (χ1) is 8.45. The Morgan fingerprint density at radius 3 is 2.78 bits per heavy atom. The lowest BCUT2D eigenvalue weighted by atomic mass is 10.1. The Labute approximate surface area is 108 Å². The maximum Gasteiger partial charge on any atom is 0.351 e. The van der Waals surface area contributed by atoms with Gasteiger partial charge in [0, 0.05) is 11.8 Å². The highest BCUT2D eigenvalue weighted by molar-refractivity contribution is 6.18. The summed E-state index contributed by atoms with van der Waals surface area (Å²) in [5.41, 5.74) is 5.43. The molecule has 1 aliphatic heterocycles. The van der Waals surface area contributed by atoms with Gasteiger partial charge in [0.2, 0.25) is 0 Å². The first kappa shape index (κ1) is 13.3. The summed E-state index contributed by atoms with van der Waals surface area (Å²) in [6, 6.07) is 0. The lowest BCUT2D eigenvalue weighted by Gasteiger charge is -2.17. The number of aliphatic hydroxyl groups is 2. The number of aryl methyl sites for hydroxylation is 1. The minimum Gasteiger partial charge on any atom is -0.387 e. The zero-order valence-corrected chi connectivity index (χ0v) is 10.4. The fourth-order valence-electron chi connectivity index (χ4n) is 1.85. The van der Waals surface area contributed by atoms with Gasteiger partial charge in [-0.2, -0.15) is 4.98 Å². The molecule has 0 bridgehead atoms. The first-order valence-electron chi connectivity index (χ1n) is 5.38. The predicted octanol–water partition coefficient (Wildman–Crippen LogP) is -1.01. The number of ether oxygens (including phenoxy) is 1. The van der Waals surface area contributed by atoms with Crippen LogP contribution < -0.4 is 11.4 Å². The van der Waals surface area contributed by atoms with Crippen molar-refractivity contribution in [1.29, 1.82) is 0 Å². The number of alkyl halides is 1. The lowest BCUT2D eigenvalue weighted by molar-refractivity contribution is -0.0343. The van der Waals surface area contributed by atoms with Gasteiger partial charge in [-0.1, -0.05) is 0 Å². The Morgan fingerprint density at radius 2 is 2.22 bits per heavy atom. The third-order valence-corrected chi connectivity index (χ3v) is 3.24. The number of aromatic nitrogens is 2. The van der Waals surface area contributed by atoms with E-state index in [1.807, 2.05) is 0 Å². The number of nitrogen functional groups attached to an aromatic ring is 1. The van der Waals surface area contributed by atoms with Crippen LogP contribution in [0.1, 0.15) is 11.8 Å². The van der Waals surface area contributed by atoms with Gasteiger partial charge in [-0.05, 0) is 6.92 Å². The molecule has 0 amide bonds. The van der Waals surface area contributed by atoms with E-state index in [4.69, 9.17) is 22.1 Å². The van der Waals surface area contributed by atoms with Gasteiger partial charge in [-0.15, -0.1) is 11.6 Å². The van der Waals surface area contributed by atoms with Crippen molar-refractivity contribution in [3.8, 4) is 0 Å². The molecule has 0 aromatic carbocycles. The molecule has 4 N–H and O–H groups in total. The molecule has 18 heavy (non-hydrogen) atoms. The van der Waals surface area contributed by atoms with Crippen molar-refractivity contribution in [2.75, 3.05) is 11.6 Å². The molecule has 1 aromatic heterocycles. The van der Waals surface area contributed by atoms with Crippen LogP contribution >= 0.6 is 11.6 Å². The van der Waals surface area contributed by atoms with Gasteiger partial charge in [-0.25, -0.2) is 4.79 Å². The molecule has 1 aliphatic rings. The second-order valence-corrected chi connectivity index (χ2v) is 4.51. The highest BCUT2D eigenvalue weighted by Crippen LogP contribution is 2.29. The van der Waals surface area contributed by atoms with E-state index in [1.165, 1.54) is 6.20 Å². The molecule has 2 heterocycles. The third-order valence-electron chi connectivity index (χ3n) is 2.94. The van der Waals surface area contributed by atoms with Crippen molar-refractivity contribution in [2.45, 2.75) is 31.5 Å². The number of hydrogen-bond acceptors (Lipinski definition) is 6. The molecule has 1 aromatic rings. The van der Waals surface area contributed by atoms with Gasteiger partial charge >= 0.3 is 5.69 Å². The molecule has 7 nitrogen and oxygen atoms in total. The first-order valence-corrected chi connectivity index (χ1v) is 5.92. The zero-order chi connectivity index (χ0) is 13.4. The molecule has 2 rings (SSSR count). The van der Waals surface area contributed by atoms with Crippen LogP contribution in [0.15, 0.2) is 11.0 Å². The lowest BCUT2D eigenvalue weighted by Crippen LogP contribution is -2.36. The molecular formula is C10H14ClN3O4. The Balaban J connectivity index is 2.39. The standard InChI is InChI=1S/C10H14ClN3O4/c1-4-3-14(10(17)13-8(4)12)9-7(16)6(15)5(2-11)18-9/h3,5-7,9,15-16H,2H2,1H3,(H2,12,13,17). The molecule has 0 radical (unpaired) electrons. The number of nitrogens with two attached hydrogens (primary N) is 1. The van der Waals surface area contributed by atoms with Crippen molar-refractivity contribution in [3.05, 3.63) is 22.2 Å². The number of aliphatic hydroxyl groups excluding tert-OH is 2. The van der Waals surface area contributed by atoms with Gasteiger partial charge < -0.3 is 20.7 Å². The number of hydrogen-bond donors (Lipinski definition) is 3. The van der Waals surface area contributed by atoms with Crippen molar-refractivity contribution in [3.63, 3.8) is 0 Å². The highest BCUT2D eigenvalue weighted by atomic mass is 35.5. The van der Waals surface area contributed by atoms with E-state index in [2.05, 4.69) is 4.98 Å². The van der Waals surface area contributed by atoms with Crippen molar-refractivity contribution in [2.24, 2.45) is 0 Å². The summed E-state index contributed by atoms with van der Waals surface area (Å²) >= 11 is 5.60. The molecular weight excluding hydrogens is 262 g/mol. The van der Waals surface area contributed by atoms with E-state index < -0.39 is 30.2 Å². The number of anilines is 1. The summed E-state index contributed by atoms with van der Waals surface area (Å²) in [6.45, 7) is 1.68. The average Bonchev–Trinajstić information content (AvgIpc) is 2.61. The summed E-state index contributed by atoms with van der Waals surface area (Å²) in [7, 11) is 0. The van der Waals surface area contributed by atoms with E-state index in [1.54, 1.807) is 6.92 Å². The molecule has 0 saturated carbocycles. The van der Waals surface area contributed by atoms with Crippen LogP contribution in [0, 0.1) is 6.92 Å². The molecule has 0 spiro atoms. The van der Waals surface area contributed by atoms with Crippen molar-refractivity contribution in [1.82, 2.24) is 9.55 Å². The van der Waals surface area contributed by atoms with E-state index in [0.717, 1.165) is 4.57 Å². The normalized spacial score (nSPS) is 31.8. The van der Waals surface area contributed by atoms with E-state index in [-0.39, 0.29) is 11.7 Å². The van der Waals surface area contributed by atoms with Gasteiger partial charge in [0.15, 0.2) is 6.23 Å².